The zero-order valence-electron chi connectivity index (χ0n) is 16.0. The van der Waals surface area contributed by atoms with Gasteiger partial charge in [-0.25, -0.2) is 4.39 Å². The Morgan fingerprint density at radius 2 is 2.07 bits per heavy atom. The highest BCUT2D eigenvalue weighted by atomic mass is 19.1. The van der Waals surface area contributed by atoms with Crippen molar-refractivity contribution in [1.29, 1.82) is 0 Å². The number of piperidine rings is 1. The molecule has 2 aliphatic heterocycles. The molecule has 4 rings (SSSR count). The van der Waals surface area contributed by atoms with Gasteiger partial charge in [-0.05, 0) is 54.5 Å². The molecular formula is C22H27FN4O. The van der Waals surface area contributed by atoms with E-state index in [1.165, 1.54) is 6.07 Å². The fraction of sp³-hybridized carbons (Fsp3) is 0.455. The number of benzene rings is 1. The molecule has 1 aromatic heterocycles. The highest BCUT2D eigenvalue weighted by molar-refractivity contribution is 5.76. The molecule has 0 bridgehead atoms. The Hall–Kier alpha value is -2.31. The molecule has 1 aromatic carbocycles. The van der Waals surface area contributed by atoms with E-state index in [4.69, 9.17) is 0 Å². The molecule has 2 unspecified atom stereocenters. The second kappa shape index (κ2) is 8.80. The van der Waals surface area contributed by atoms with E-state index in [2.05, 4.69) is 15.8 Å². The van der Waals surface area contributed by atoms with Gasteiger partial charge in [0.05, 0.1) is 0 Å². The summed E-state index contributed by atoms with van der Waals surface area (Å²) in [4.78, 5) is 18.7. The molecular weight excluding hydrogens is 355 g/mol. The SMILES string of the molecule is O=C(CCc1cccnc1)N1CCC(C2NNCC2c2cccc(F)c2)CC1. The molecule has 0 radical (unpaired) electrons. The minimum atomic E-state index is -0.183. The van der Waals surface area contributed by atoms with E-state index in [1.54, 1.807) is 18.3 Å². The number of hydrogen-bond acceptors (Lipinski definition) is 4. The molecule has 148 valence electrons. The van der Waals surface area contributed by atoms with Crippen LogP contribution in [0.2, 0.25) is 0 Å². The van der Waals surface area contributed by atoms with Crippen molar-refractivity contribution in [1.82, 2.24) is 20.7 Å². The van der Waals surface area contributed by atoms with Gasteiger partial charge in [-0.15, -0.1) is 0 Å². The lowest BCUT2D eigenvalue weighted by atomic mass is 9.80. The molecule has 0 saturated carbocycles. The molecule has 6 heteroatoms. The Morgan fingerprint density at radius 1 is 1.21 bits per heavy atom. The van der Waals surface area contributed by atoms with Gasteiger partial charge in [-0.2, -0.15) is 0 Å². The van der Waals surface area contributed by atoms with Crippen LogP contribution in [0.1, 0.15) is 36.3 Å². The predicted octanol–water partition coefficient (Wildman–Crippen LogP) is 2.65. The standard InChI is InChI=1S/C22H27FN4O/c23-19-5-1-4-18(13-19)20-15-25-26-22(20)17-8-11-27(12-9-17)21(28)7-6-16-3-2-10-24-14-16/h1-5,10,13-14,17,20,22,25-26H,6-9,11-12,15H2. The van der Waals surface area contributed by atoms with Crippen LogP contribution < -0.4 is 10.9 Å². The zero-order valence-corrected chi connectivity index (χ0v) is 16.0. The molecule has 2 aromatic rings. The monoisotopic (exact) mass is 382 g/mol. The van der Waals surface area contributed by atoms with E-state index < -0.39 is 0 Å². The Morgan fingerprint density at radius 3 is 2.82 bits per heavy atom. The van der Waals surface area contributed by atoms with Crippen LogP contribution in [0.15, 0.2) is 48.8 Å². The summed E-state index contributed by atoms with van der Waals surface area (Å²) in [5.41, 5.74) is 8.79. The number of nitrogens with one attached hydrogen (secondary N) is 2. The summed E-state index contributed by atoms with van der Waals surface area (Å²) >= 11 is 0. The van der Waals surface area contributed by atoms with Crippen LogP contribution in [-0.2, 0) is 11.2 Å². The summed E-state index contributed by atoms with van der Waals surface area (Å²) in [6.07, 6.45) is 6.80. The molecule has 2 atom stereocenters. The van der Waals surface area contributed by atoms with E-state index in [9.17, 15) is 9.18 Å². The van der Waals surface area contributed by atoms with Gasteiger partial charge in [0, 0.05) is 50.4 Å². The molecule has 2 saturated heterocycles. The number of aromatic nitrogens is 1. The molecule has 2 fully saturated rings. The lowest BCUT2D eigenvalue weighted by molar-refractivity contribution is -0.132. The first-order valence-corrected chi connectivity index (χ1v) is 10.1. The summed E-state index contributed by atoms with van der Waals surface area (Å²) in [6, 6.07) is 11.1. The maximum Gasteiger partial charge on any atom is 0.222 e. The largest absolute Gasteiger partial charge is 0.343 e. The highest BCUT2D eigenvalue weighted by Crippen LogP contribution is 2.32. The quantitative estimate of drug-likeness (QED) is 0.835. The van der Waals surface area contributed by atoms with Crippen molar-refractivity contribution < 1.29 is 9.18 Å². The summed E-state index contributed by atoms with van der Waals surface area (Å²) in [7, 11) is 0. The summed E-state index contributed by atoms with van der Waals surface area (Å²) in [5.74, 6) is 0.776. The zero-order chi connectivity index (χ0) is 19.3. The lowest BCUT2D eigenvalue weighted by Gasteiger charge is -2.36. The molecule has 0 spiro atoms. The number of amides is 1. The van der Waals surface area contributed by atoms with Gasteiger partial charge < -0.3 is 4.90 Å². The maximum absolute atomic E-state index is 13.6. The third-order valence-electron chi connectivity index (χ3n) is 6.05. The van der Waals surface area contributed by atoms with Crippen LogP contribution in [0.4, 0.5) is 4.39 Å². The van der Waals surface area contributed by atoms with Gasteiger partial charge >= 0.3 is 0 Å². The smallest absolute Gasteiger partial charge is 0.222 e. The van der Waals surface area contributed by atoms with Crippen molar-refractivity contribution in [3.63, 3.8) is 0 Å². The minimum Gasteiger partial charge on any atom is -0.343 e. The first-order valence-electron chi connectivity index (χ1n) is 10.1. The number of nitrogens with zero attached hydrogens (tertiary/aromatic N) is 2. The summed E-state index contributed by atoms with van der Waals surface area (Å²) in [6.45, 7) is 2.40. The first kappa shape index (κ1) is 19.0. The second-order valence-electron chi connectivity index (χ2n) is 7.79. The highest BCUT2D eigenvalue weighted by Gasteiger charge is 2.36. The number of hydrazine groups is 1. The molecule has 5 nitrogen and oxygen atoms in total. The van der Waals surface area contributed by atoms with Gasteiger partial charge in [0.15, 0.2) is 0 Å². The number of hydrogen-bond donors (Lipinski definition) is 2. The van der Waals surface area contributed by atoms with Crippen LogP contribution in [0.3, 0.4) is 0 Å². The van der Waals surface area contributed by atoms with Crippen molar-refractivity contribution in [3.05, 3.63) is 65.7 Å². The Balaban J connectivity index is 1.30. The van der Waals surface area contributed by atoms with Crippen molar-refractivity contribution in [2.24, 2.45) is 5.92 Å². The van der Waals surface area contributed by atoms with E-state index in [1.807, 2.05) is 29.3 Å². The fourth-order valence-electron chi connectivity index (χ4n) is 4.49. The third-order valence-corrected chi connectivity index (χ3v) is 6.05. The van der Waals surface area contributed by atoms with Crippen molar-refractivity contribution in [2.75, 3.05) is 19.6 Å². The second-order valence-corrected chi connectivity index (χ2v) is 7.79. The van der Waals surface area contributed by atoms with Gasteiger partial charge in [-0.3, -0.25) is 20.6 Å². The molecule has 2 N–H and O–H groups in total. The van der Waals surface area contributed by atoms with Crippen molar-refractivity contribution >= 4 is 5.91 Å². The molecule has 2 aliphatic rings. The Bertz CT molecular complexity index is 792. The third kappa shape index (κ3) is 4.39. The number of rotatable bonds is 5. The van der Waals surface area contributed by atoms with Crippen LogP contribution in [0, 0.1) is 11.7 Å². The van der Waals surface area contributed by atoms with Gasteiger partial charge in [-0.1, -0.05) is 18.2 Å². The number of carbonyl (C=O) groups excluding carboxylic acids is 1. The summed E-state index contributed by atoms with van der Waals surface area (Å²) < 4.78 is 13.6. The normalized spacial score (nSPS) is 23.1. The molecule has 1 amide bonds. The van der Waals surface area contributed by atoms with Gasteiger partial charge in [0.2, 0.25) is 5.91 Å². The number of aryl methyl sites for hydroxylation is 1. The topological polar surface area (TPSA) is 57.3 Å². The first-order chi connectivity index (χ1) is 13.7. The van der Waals surface area contributed by atoms with Crippen molar-refractivity contribution in [2.45, 2.75) is 37.6 Å². The Labute approximate surface area is 165 Å². The molecule has 28 heavy (non-hydrogen) atoms. The van der Waals surface area contributed by atoms with Crippen molar-refractivity contribution in [3.8, 4) is 0 Å². The van der Waals surface area contributed by atoms with Crippen LogP contribution in [0.5, 0.6) is 0 Å². The maximum atomic E-state index is 13.6. The minimum absolute atomic E-state index is 0.183. The predicted molar refractivity (Wildman–Crippen MR) is 106 cm³/mol. The average molecular weight is 382 g/mol. The summed E-state index contributed by atoms with van der Waals surface area (Å²) in [5, 5.41) is 0. The van der Waals surface area contributed by atoms with Crippen LogP contribution in [-0.4, -0.2) is 41.5 Å². The van der Waals surface area contributed by atoms with E-state index in [-0.39, 0.29) is 23.7 Å². The van der Waals surface area contributed by atoms with E-state index >= 15 is 0 Å². The molecule has 3 heterocycles. The van der Waals surface area contributed by atoms with Crippen LogP contribution in [0.25, 0.3) is 0 Å². The van der Waals surface area contributed by atoms with Gasteiger partial charge in [0.25, 0.3) is 0 Å². The van der Waals surface area contributed by atoms with Gasteiger partial charge in [0.1, 0.15) is 5.82 Å². The number of halogens is 1. The average Bonchev–Trinajstić information content (AvgIpc) is 3.23. The number of pyridine rings is 1. The number of likely N-dealkylation sites (tertiary alicyclic amines) is 1. The lowest BCUT2D eigenvalue weighted by Crippen LogP contribution is -2.45. The number of carbonyl (C=O) groups is 1. The van der Waals surface area contributed by atoms with Crippen LogP contribution >= 0.6 is 0 Å². The fourth-order valence-corrected chi connectivity index (χ4v) is 4.49. The Kier molecular flexibility index (Phi) is 5.98. The molecule has 0 aliphatic carbocycles. The van der Waals surface area contributed by atoms with E-state index in [0.717, 1.165) is 50.0 Å². The van der Waals surface area contributed by atoms with E-state index in [0.29, 0.717) is 12.3 Å².